The second-order valence-electron chi connectivity index (χ2n) is 4.26. The Bertz CT molecular complexity index is 600. The molecule has 98 valence electrons. The van der Waals surface area contributed by atoms with Gasteiger partial charge in [-0.2, -0.15) is 0 Å². The molecule has 1 aromatic carbocycles. The third-order valence-electron chi connectivity index (χ3n) is 3.04. The average Bonchev–Trinajstić information content (AvgIpc) is 2.63. The number of nitrogen functional groups attached to an aromatic ring is 1. The number of sulfone groups is 1. The zero-order valence-electron chi connectivity index (χ0n) is 9.76. The van der Waals surface area contributed by atoms with E-state index in [1.807, 2.05) is 0 Å². The number of amides is 1. The molecule has 1 fully saturated rings. The molecule has 1 aliphatic rings. The molecule has 1 aromatic rings. The number of carbonyl (C=O) groups is 1. The summed E-state index contributed by atoms with van der Waals surface area (Å²) in [5, 5.41) is -0.773. The number of carbonyl (C=O) groups excluding carboxylic acids is 1. The van der Waals surface area contributed by atoms with Gasteiger partial charge in [0.25, 0.3) is 0 Å². The van der Waals surface area contributed by atoms with Crippen molar-refractivity contribution >= 4 is 33.0 Å². The Labute approximate surface area is 110 Å². The molecule has 1 heterocycles. The number of likely N-dealkylation sites (tertiary alicyclic amines) is 1. The number of hydrogen-bond donors (Lipinski definition) is 1. The lowest BCUT2D eigenvalue weighted by molar-refractivity contribution is -0.126. The molecule has 0 aliphatic carbocycles. The summed E-state index contributed by atoms with van der Waals surface area (Å²) in [5.74, 6) is -0.394. The summed E-state index contributed by atoms with van der Waals surface area (Å²) in [6.07, 6.45) is 0.281. The van der Waals surface area contributed by atoms with Gasteiger partial charge >= 0.3 is 0 Å². The molecule has 1 saturated heterocycles. The zero-order valence-corrected chi connectivity index (χ0v) is 11.3. The fourth-order valence-electron chi connectivity index (χ4n) is 1.99. The third-order valence-corrected chi connectivity index (χ3v) is 5.42. The quantitative estimate of drug-likeness (QED) is 0.821. The maximum atomic E-state index is 12.4. The summed E-state index contributed by atoms with van der Waals surface area (Å²) >= 11 is 5.78. The number of hydrogen-bond acceptors (Lipinski definition) is 4. The fourth-order valence-corrected chi connectivity index (χ4v) is 4.08. The van der Waals surface area contributed by atoms with Crippen molar-refractivity contribution in [2.45, 2.75) is 16.6 Å². The van der Waals surface area contributed by atoms with Gasteiger partial charge in [-0.1, -0.05) is 11.6 Å². The van der Waals surface area contributed by atoms with Crippen molar-refractivity contribution in [3.8, 4) is 0 Å². The van der Waals surface area contributed by atoms with Crippen LogP contribution >= 0.6 is 11.6 Å². The Hall–Kier alpha value is -1.27. The number of anilines is 1. The standard InChI is InChI=1S/C11H13ClN2O3S/c1-14-5-4-9(11(14)15)18(16,17)10-6-7(12)2-3-8(10)13/h2-3,6,9H,4-5,13H2,1H3. The Kier molecular flexibility index (Phi) is 3.25. The largest absolute Gasteiger partial charge is 0.398 e. The van der Waals surface area contributed by atoms with Crippen LogP contribution in [-0.4, -0.2) is 38.1 Å². The van der Waals surface area contributed by atoms with Gasteiger partial charge in [-0.05, 0) is 24.6 Å². The first-order valence-corrected chi connectivity index (χ1v) is 7.30. The molecule has 0 radical (unpaired) electrons. The lowest BCUT2D eigenvalue weighted by Crippen LogP contribution is -2.32. The van der Waals surface area contributed by atoms with Crippen molar-refractivity contribution < 1.29 is 13.2 Å². The van der Waals surface area contributed by atoms with Gasteiger partial charge < -0.3 is 10.6 Å². The second-order valence-corrected chi connectivity index (χ2v) is 6.80. The molecule has 2 rings (SSSR count). The number of nitrogens with zero attached hydrogens (tertiary/aromatic N) is 1. The van der Waals surface area contributed by atoms with E-state index in [1.165, 1.54) is 23.1 Å². The molecule has 5 nitrogen and oxygen atoms in total. The normalized spacial score (nSPS) is 20.4. The predicted octanol–water partition coefficient (Wildman–Crippen LogP) is 0.927. The van der Waals surface area contributed by atoms with Gasteiger partial charge in [-0.3, -0.25) is 4.79 Å². The highest BCUT2D eigenvalue weighted by molar-refractivity contribution is 7.93. The van der Waals surface area contributed by atoms with Gasteiger partial charge in [-0.25, -0.2) is 8.42 Å². The summed E-state index contributed by atoms with van der Waals surface area (Å²) in [7, 11) is -2.19. The van der Waals surface area contributed by atoms with E-state index in [2.05, 4.69) is 0 Å². The van der Waals surface area contributed by atoms with Crippen molar-refractivity contribution in [2.75, 3.05) is 19.3 Å². The Morgan fingerprint density at radius 3 is 2.67 bits per heavy atom. The Balaban J connectivity index is 2.49. The number of halogens is 1. The summed E-state index contributed by atoms with van der Waals surface area (Å²) in [6.45, 7) is 0.434. The van der Waals surface area contributed by atoms with Crippen molar-refractivity contribution in [2.24, 2.45) is 0 Å². The summed E-state index contributed by atoms with van der Waals surface area (Å²) in [4.78, 5) is 13.1. The number of rotatable bonds is 2. The minimum atomic E-state index is -3.77. The molecule has 0 bridgehead atoms. The molecule has 0 aromatic heterocycles. The van der Waals surface area contributed by atoms with Crippen molar-refractivity contribution in [3.05, 3.63) is 23.2 Å². The van der Waals surface area contributed by atoms with E-state index in [0.29, 0.717) is 6.54 Å². The average molecular weight is 289 g/mol. The smallest absolute Gasteiger partial charge is 0.241 e. The highest BCUT2D eigenvalue weighted by Gasteiger charge is 2.41. The minimum Gasteiger partial charge on any atom is -0.398 e. The first kappa shape index (κ1) is 13.2. The fraction of sp³-hybridized carbons (Fsp3) is 0.364. The maximum absolute atomic E-state index is 12.4. The SMILES string of the molecule is CN1CCC(S(=O)(=O)c2cc(Cl)ccc2N)C1=O. The van der Waals surface area contributed by atoms with E-state index in [9.17, 15) is 13.2 Å². The summed E-state index contributed by atoms with van der Waals surface area (Å²) in [6, 6.07) is 4.23. The Morgan fingerprint density at radius 2 is 2.11 bits per heavy atom. The van der Waals surface area contributed by atoms with E-state index in [-0.39, 0.29) is 22.0 Å². The van der Waals surface area contributed by atoms with Crippen LogP contribution in [0.4, 0.5) is 5.69 Å². The van der Waals surface area contributed by atoms with Crippen LogP contribution in [0.2, 0.25) is 5.02 Å². The maximum Gasteiger partial charge on any atom is 0.241 e. The molecule has 0 saturated carbocycles. The van der Waals surface area contributed by atoms with Crippen LogP contribution in [0.15, 0.2) is 23.1 Å². The van der Waals surface area contributed by atoms with E-state index >= 15 is 0 Å². The van der Waals surface area contributed by atoms with Crippen LogP contribution in [0.1, 0.15) is 6.42 Å². The minimum absolute atomic E-state index is 0.0661. The molecule has 7 heteroatoms. The van der Waals surface area contributed by atoms with E-state index in [4.69, 9.17) is 17.3 Å². The molecule has 1 unspecified atom stereocenters. The molecule has 1 amide bonds. The topological polar surface area (TPSA) is 80.5 Å². The first-order valence-electron chi connectivity index (χ1n) is 5.38. The van der Waals surface area contributed by atoms with Crippen LogP contribution in [0.5, 0.6) is 0 Å². The lowest BCUT2D eigenvalue weighted by atomic mass is 10.3. The monoisotopic (exact) mass is 288 g/mol. The van der Waals surface area contributed by atoms with Gasteiger partial charge in [0.1, 0.15) is 5.25 Å². The highest BCUT2D eigenvalue weighted by atomic mass is 35.5. The van der Waals surface area contributed by atoms with Gasteiger partial charge in [0.15, 0.2) is 9.84 Å². The van der Waals surface area contributed by atoms with Gasteiger partial charge in [0.05, 0.1) is 10.6 Å². The van der Waals surface area contributed by atoms with Crippen LogP contribution in [0, 0.1) is 0 Å². The van der Waals surface area contributed by atoms with Crippen LogP contribution < -0.4 is 5.73 Å². The van der Waals surface area contributed by atoms with Crippen molar-refractivity contribution in [3.63, 3.8) is 0 Å². The van der Waals surface area contributed by atoms with Gasteiger partial charge in [0.2, 0.25) is 5.91 Å². The number of benzene rings is 1. The first-order chi connectivity index (χ1) is 8.34. The third kappa shape index (κ3) is 2.06. The molecular weight excluding hydrogens is 276 g/mol. The van der Waals surface area contributed by atoms with Gasteiger partial charge in [-0.15, -0.1) is 0 Å². The van der Waals surface area contributed by atoms with E-state index < -0.39 is 21.0 Å². The molecule has 1 atom stereocenters. The summed E-state index contributed by atoms with van der Waals surface area (Å²) in [5.41, 5.74) is 5.77. The highest BCUT2D eigenvalue weighted by Crippen LogP contribution is 2.30. The van der Waals surface area contributed by atoms with Crippen molar-refractivity contribution in [1.82, 2.24) is 4.90 Å². The predicted molar refractivity (Wildman–Crippen MR) is 69.1 cm³/mol. The molecule has 18 heavy (non-hydrogen) atoms. The van der Waals surface area contributed by atoms with E-state index in [0.717, 1.165) is 0 Å². The van der Waals surface area contributed by atoms with Crippen molar-refractivity contribution in [1.29, 1.82) is 0 Å². The summed E-state index contributed by atoms with van der Waals surface area (Å²) < 4.78 is 24.8. The molecule has 2 N–H and O–H groups in total. The second kappa shape index (κ2) is 4.44. The number of nitrogens with two attached hydrogens (primary N) is 1. The lowest BCUT2D eigenvalue weighted by Gasteiger charge is -2.13. The zero-order chi connectivity index (χ0) is 13.5. The van der Waals surface area contributed by atoms with E-state index in [1.54, 1.807) is 7.05 Å². The van der Waals surface area contributed by atoms with Gasteiger partial charge in [0, 0.05) is 18.6 Å². The van der Waals surface area contributed by atoms with Crippen LogP contribution in [-0.2, 0) is 14.6 Å². The van der Waals surface area contributed by atoms with Crippen LogP contribution in [0.25, 0.3) is 0 Å². The Morgan fingerprint density at radius 1 is 1.44 bits per heavy atom. The molecular formula is C11H13ClN2O3S. The van der Waals surface area contributed by atoms with Crippen LogP contribution in [0.3, 0.4) is 0 Å². The molecule has 1 aliphatic heterocycles. The molecule has 0 spiro atoms.